The lowest BCUT2D eigenvalue weighted by atomic mass is 10.3. The van der Waals surface area contributed by atoms with Crippen molar-refractivity contribution in [2.24, 2.45) is 0 Å². The third kappa shape index (κ3) is 2.74. The molecule has 1 atom stereocenters. The third-order valence-electron chi connectivity index (χ3n) is 1.18. The molecule has 12 heavy (non-hydrogen) atoms. The maximum atomic E-state index is 10.8. The lowest BCUT2D eigenvalue weighted by Crippen LogP contribution is -1.95. The van der Waals surface area contributed by atoms with Crippen molar-refractivity contribution >= 4 is 25.6 Å². The van der Waals surface area contributed by atoms with Crippen molar-refractivity contribution in [1.82, 2.24) is 6.15 Å². The van der Waals surface area contributed by atoms with Gasteiger partial charge >= 0.3 is 0 Å². The van der Waals surface area contributed by atoms with Crippen LogP contribution in [0.4, 0.5) is 5.69 Å². The fourth-order valence-corrected chi connectivity index (χ4v) is 1.45. The molecule has 0 fully saturated rings. The number of rotatable bonds is 1. The standard InChI is InChI=1S/C6H7NO2S2.H3N/c7-5-1-3-6(4-2-5)11(8,9)10;/h1-4H,7H2,(H,8,9,10);1H3. The van der Waals surface area contributed by atoms with Gasteiger partial charge in [0.15, 0.2) is 8.77 Å². The Morgan fingerprint density at radius 2 is 1.75 bits per heavy atom. The number of hydrogen-bond acceptors (Lipinski definition) is 4. The van der Waals surface area contributed by atoms with Crippen molar-refractivity contribution in [3.05, 3.63) is 24.3 Å². The van der Waals surface area contributed by atoms with Crippen LogP contribution in [-0.2, 0) is 20.0 Å². The van der Waals surface area contributed by atoms with E-state index in [1.807, 2.05) is 0 Å². The second kappa shape index (κ2) is 3.81. The van der Waals surface area contributed by atoms with E-state index in [9.17, 15) is 4.21 Å². The molecule has 0 aliphatic carbocycles. The second-order valence-electron chi connectivity index (χ2n) is 2.04. The molecule has 1 unspecified atom stereocenters. The van der Waals surface area contributed by atoms with E-state index in [4.69, 9.17) is 10.3 Å². The van der Waals surface area contributed by atoms with Crippen LogP contribution >= 0.6 is 0 Å². The van der Waals surface area contributed by atoms with E-state index in [0.717, 1.165) is 0 Å². The molecule has 0 amide bonds. The van der Waals surface area contributed by atoms with Crippen LogP contribution in [0.3, 0.4) is 0 Å². The molecule has 1 aromatic rings. The SMILES string of the molecule is N.Nc1ccc(S(=O)(O)=S)cc1. The minimum Gasteiger partial charge on any atom is -0.399 e. The van der Waals surface area contributed by atoms with Crippen LogP contribution in [-0.4, -0.2) is 8.76 Å². The quantitative estimate of drug-likeness (QED) is 0.596. The highest BCUT2D eigenvalue weighted by Crippen LogP contribution is 2.10. The molecule has 0 aliphatic rings. The van der Waals surface area contributed by atoms with Gasteiger partial charge in [-0.15, -0.1) is 0 Å². The molecule has 6 heteroatoms. The van der Waals surface area contributed by atoms with Gasteiger partial charge in [-0.05, 0) is 24.3 Å². The number of nitrogen functional groups attached to an aromatic ring is 1. The summed E-state index contributed by atoms with van der Waals surface area (Å²) in [6.45, 7) is 0. The lowest BCUT2D eigenvalue weighted by Gasteiger charge is -1.98. The van der Waals surface area contributed by atoms with Crippen LogP contribution < -0.4 is 11.9 Å². The maximum Gasteiger partial charge on any atom is 0.171 e. The second-order valence-corrected chi connectivity index (χ2v) is 4.82. The van der Waals surface area contributed by atoms with E-state index in [1.54, 1.807) is 0 Å². The summed E-state index contributed by atoms with van der Waals surface area (Å²) in [7, 11) is -3.24. The molecule has 0 aliphatic heterocycles. The van der Waals surface area contributed by atoms with Crippen molar-refractivity contribution in [2.45, 2.75) is 4.90 Å². The van der Waals surface area contributed by atoms with Crippen molar-refractivity contribution in [3.8, 4) is 0 Å². The molecule has 0 radical (unpaired) electrons. The van der Waals surface area contributed by atoms with E-state index >= 15 is 0 Å². The average molecular weight is 206 g/mol. The van der Waals surface area contributed by atoms with Gasteiger partial charge in [0.2, 0.25) is 0 Å². The molecular weight excluding hydrogens is 196 g/mol. The number of hydrogen-bond donors (Lipinski definition) is 3. The van der Waals surface area contributed by atoms with Gasteiger partial charge in [0.1, 0.15) is 0 Å². The monoisotopic (exact) mass is 206 g/mol. The van der Waals surface area contributed by atoms with Gasteiger partial charge in [-0.2, -0.15) is 0 Å². The summed E-state index contributed by atoms with van der Waals surface area (Å²) < 4.78 is 19.7. The van der Waals surface area contributed by atoms with Crippen molar-refractivity contribution < 1.29 is 8.76 Å². The van der Waals surface area contributed by atoms with Crippen LogP contribution in [0.5, 0.6) is 0 Å². The zero-order chi connectivity index (χ0) is 8.48. The van der Waals surface area contributed by atoms with Crippen molar-refractivity contribution in [2.75, 3.05) is 5.73 Å². The molecular formula is C6H10N2O2S2. The van der Waals surface area contributed by atoms with Crippen molar-refractivity contribution in [1.29, 1.82) is 0 Å². The molecule has 0 aromatic heterocycles. The van der Waals surface area contributed by atoms with Crippen LogP contribution in [0, 0.1) is 0 Å². The summed E-state index contributed by atoms with van der Waals surface area (Å²) in [5.41, 5.74) is 5.91. The number of nitrogens with two attached hydrogens (primary N) is 1. The minimum atomic E-state index is -3.24. The Kier molecular flexibility index (Phi) is 3.59. The summed E-state index contributed by atoms with van der Waals surface area (Å²) in [5, 5.41) is 0. The minimum absolute atomic E-state index is 0. The smallest absolute Gasteiger partial charge is 0.171 e. The summed E-state index contributed by atoms with van der Waals surface area (Å²) >= 11 is 4.34. The average Bonchev–Trinajstić information content (AvgIpc) is 1.86. The van der Waals surface area contributed by atoms with Crippen molar-refractivity contribution in [3.63, 3.8) is 0 Å². The first-order valence-corrected chi connectivity index (χ1v) is 5.27. The first-order chi connectivity index (χ1) is 5.00. The molecule has 0 spiro atoms. The molecule has 0 saturated heterocycles. The first-order valence-electron chi connectivity index (χ1n) is 2.83. The summed E-state index contributed by atoms with van der Waals surface area (Å²) in [4.78, 5) is 0.224. The molecule has 68 valence electrons. The van der Waals surface area contributed by atoms with Crippen LogP contribution in [0.2, 0.25) is 0 Å². The van der Waals surface area contributed by atoms with E-state index < -0.39 is 8.77 Å². The summed E-state index contributed by atoms with van der Waals surface area (Å²) in [6.07, 6.45) is 0. The Morgan fingerprint density at radius 1 is 1.33 bits per heavy atom. The highest BCUT2D eigenvalue weighted by molar-refractivity contribution is 8.29. The topological polar surface area (TPSA) is 98.3 Å². The predicted molar refractivity (Wildman–Crippen MR) is 52.3 cm³/mol. The molecule has 1 aromatic carbocycles. The molecule has 0 heterocycles. The fraction of sp³-hybridized carbons (Fsp3) is 0. The van der Waals surface area contributed by atoms with Gasteiger partial charge in [-0.1, -0.05) is 0 Å². The van der Waals surface area contributed by atoms with Gasteiger partial charge in [0.05, 0.1) is 4.90 Å². The van der Waals surface area contributed by atoms with Gasteiger partial charge in [-0.25, -0.2) is 4.21 Å². The Bertz CT molecular complexity index is 344. The molecule has 4 nitrogen and oxygen atoms in total. The number of anilines is 1. The van der Waals surface area contributed by atoms with E-state index in [2.05, 4.69) is 11.2 Å². The largest absolute Gasteiger partial charge is 0.399 e. The molecule has 0 bridgehead atoms. The zero-order valence-electron chi connectivity index (χ0n) is 6.27. The Balaban J connectivity index is 0.00000121. The molecule has 6 N–H and O–H groups in total. The van der Waals surface area contributed by atoms with Gasteiger partial charge in [-0.3, -0.25) is 0 Å². The predicted octanol–water partition coefficient (Wildman–Crippen LogP) is 1.01. The van der Waals surface area contributed by atoms with E-state index in [-0.39, 0.29) is 11.0 Å². The van der Waals surface area contributed by atoms with Crippen LogP contribution in [0.25, 0.3) is 0 Å². The van der Waals surface area contributed by atoms with Gasteiger partial charge < -0.3 is 16.4 Å². The lowest BCUT2D eigenvalue weighted by molar-refractivity contribution is 0.562. The highest BCUT2D eigenvalue weighted by atomic mass is 32.8. The normalized spacial score (nSPS) is 14.4. The van der Waals surface area contributed by atoms with Crippen LogP contribution in [0.1, 0.15) is 0 Å². The van der Waals surface area contributed by atoms with Gasteiger partial charge in [0.25, 0.3) is 0 Å². The summed E-state index contributed by atoms with van der Waals surface area (Å²) in [5.74, 6) is 0. The van der Waals surface area contributed by atoms with E-state index in [1.165, 1.54) is 24.3 Å². The van der Waals surface area contributed by atoms with Gasteiger partial charge in [0, 0.05) is 16.9 Å². The summed E-state index contributed by atoms with van der Waals surface area (Å²) in [6, 6.07) is 5.98. The third-order valence-corrected chi connectivity index (χ3v) is 2.62. The Labute approximate surface area is 75.9 Å². The number of benzene rings is 1. The Hall–Kier alpha value is -0.690. The maximum absolute atomic E-state index is 10.8. The molecule has 0 saturated carbocycles. The fourth-order valence-electron chi connectivity index (χ4n) is 0.640. The van der Waals surface area contributed by atoms with Crippen LogP contribution in [0.15, 0.2) is 29.2 Å². The first kappa shape index (κ1) is 11.3. The Morgan fingerprint density at radius 3 is 2.08 bits per heavy atom. The highest BCUT2D eigenvalue weighted by Gasteiger charge is 2.02. The molecule has 1 rings (SSSR count). The van der Waals surface area contributed by atoms with E-state index in [0.29, 0.717) is 5.69 Å². The zero-order valence-corrected chi connectivity index (χ0v) is 7.90.